The van der Waals surface area contributed by atoms with Gasteiger partial charge in [0.2, 0.25) is 0 Å². The maximum atomic E-state index is 2.89. The minimum atomic E-state index is 0. The molecule has 0 aliphatic rings. The van der Waals surface area contributed by atoms with Gasteiger partial charge in [-0.3, -0.25) is 0 Å². The Morgan fingerprint density at radius 1 is 0.778 bits per heavy atom. The third kappa shape index (κ3) is 8.42. The first kappa shape index (κ1) is 16.2. The first-order chi connectivity index (χ1) is 3.00. The summed E-state index contributed by atoms with van der Waals surface area (Å²) in [7, 11) is 0. The standard InChI is InChI=1S/C6H5.2ClH.Ru/c1-2-4-6-5-3-1;;;/h1-5H;2*1H;/q-1;;;+3/p-2. The molecular formula is C6H5Cl2Ru. The molecule has 0 bridgehead atoms. The van der Waals surface area contributed by atoms with Crippen LogP contribution in [-0.2, 0) is 19.5 Å². The van der Waals surface area contributed by atoms with Gasteiger partial charge in [-0.1, -0.05) is 0 Å². The molecule has 0 spiro atoms. The van der Waals surface area contributed by atoms with Crippen LogP contribution >= 0.6 is 0 Å². The molecule has 1 rings (SSSR count). The van der Waals surface area contributed by atoms with Crippen LogP contribution in [0.5, 0.6) is 0 Å². The largest absolute Gasteiger partial charge is 3.00 e. The monoisotopic (exact) mass is 249 g/mol. The quantitative estimate of drug-likeness (QED) is 0.321. The van der Waals surface area contributed by atoms with Gasteiger partial charge >= 0.3 is 19.5 Å². The molecule has 1 aromatic rings. The van der Waals surface area contributed by atoms with Crippen molar-refractivity contribution in [1.29, 1.82) is 0 Å². The van der Waals surface area contributed by atoms with E-state index in [2.05, 4.69) is 6.07 Å². The van der Waals surface area contributed by atoms with E-state index in [1.165, 1.54) is 0 Å². The summed E-state index contributed by atoms with van der Waals surface area (Å²) in [4.78, 5) is 0. The Labute approximate surface area is 80.6 Å². The Morgan fingerprint density at radius 3 is 1.33 bits per heavy atom. The van der Waals surface area contributed by atoms with Gasteiger partial charge in [-0.05, 0) is 0 Å². The molecule has 0 N–H and O–H groups in total. The molecule has 0 aliphatic heterocycles. The van der Waals surface area contributed by atoms with Crippen molar-refractivity contribution in [2.75, 3.05) is 0 Å². The fraction of sp³-hybridized carbons (Fsp3) is 0. The van der Waals surface area contributed by atoms with Crippen molar-refractivity contribution >= 4 is 0 Å². The van der Waals surface area contributed by atoms with Crippen molar-refractivity contribution in [3.8, 4) is 0 Å². The van der Waals surface area contributed by atoms with Gasteiger partial charge in [-0.25, -0.2) is 0 Å². The van der Waals surface area contributed by atoms with E-state index in [1.54, 1.807) is 0 Å². The second-order valence-electron chi connectivity index (χ2n) is 1.08. The van der Waals surface area contributed by atoms with Crippen LogP contribution in [0, 0.1) is 6.07 Å². The fourth-order valence-corrected chi connectivity index (χ4v) is 0.342. The fourth-order valence-electron chi connectivity index (χ4n) is 0.342. The summed E-state index contributed by atoms with van der Waals surface area (Å²) in [6.07, 6.45) is 0. The van der Waals surface area contributed by atoms with E-state index in [4.69, 9.17) is 0 Å². The van der Waals surface area contributed by atoms with Gasteiger partial charge in [0.25, 0.3) is 0 Å². The van der Waals surface area contributed by atoms with E-state index in [1.807, 2.05) is 30.3 Å². The summed E-state index contributed by atoms with van der Waals surface area (Å²) in [5.74, 6) is 0. The molecule has 0 heterocycles. The van der Waals surface area contributed by atoms with Crippen LogP contribution in [0.1, 0.15) is 0 Å². The third-order valence-electron chi connectivity index (χ3n) is 0.607. The van der Waals surface area contributed by atoms with Gasteiger partial charge in [-0.2, -0.15) is 36.4 Å². The van der Waals surface area contributed by atoms with Crippen molar-refractivity contribution in [1.82, 2.24) is 0 Å². The Morgan fingerprint density at radius 2 is 1.22 bits per heavy atom. The zero-order chi connectivity index (χ0) is 4.24. The van der Waals surface area contributed by atoms with E-state index in [9.17, 15) is 0 Å². The molecule has 51 valence electrons. The molecule has 0 aromatic heterocycles. The number of rotatable bonds is 0. The Balaban J connectivity index is -0.000000120. The molecule has 0 unspecified atom stereocenters. The molecule has 0 saturated carbocycles. The van der Waals surface area contributed by atoms with Crippen LogP contribution in [0.15, 0.2) is 30.3 Å². The zero-order valence-electron chi connectivity index (χ0n) is 4.50. The predicted octanol–water partition coefficient (Wildman–Crippen LogP) is -4.51. The van der Waals surface area contributed by atoms with E-state index in [-0.39, 0.29) is 44.3 Å². The van der Waals surface area contributed by atoms with Crippen LogP contribution in [0.4, 0.5) is 0 Å². The number of hydrogen-bond donors (Lipinski definition) is 0. The Hall–Kier alpha value is 0.423. The van der Waals surface area contributed by atoms with E-state index in [0.29, 0.717) is 0 Å². The third-order valence-corrected chi connectivity index (χ3v) is 0.607. The van der Waals surface area contributed by atoms with Crippen LogP contribution < -0.4 is 24.8 Å². The average Bonchev–Trinajstić information content (AvgIpc) is 1.72. The van der Waals surface area contributed by atoms with Crippen molar-refractivity contribution < 1.29 is 44.3 Å². The summed E-state index contributed by atoms with van der Waals surface area (Å²) in [6.45, 7) is 0. The molecular weight excluding hydrogens is 244 g/mol. The summed E-state index contributed by atoms with van der Waals surface area (Å²) >= 11 is 0. The van der Waals surface area contributed by atoms with Crippen LogP contribution in [0.3, 0.4) is 0 Å². The van der Waals surface area contributed by atoms with Gasteiger partial charge in [0, 0.05) is 0 Å². The average molecular weight is 249 g/mol. The Kier molecular flexibility index (Phi) is 20.3. The van der Waals surface area contributed by atoms with Crippen molar-refractivity contribution in [3.63, 3.8) is 0 Å². The molecule has 0 aliphatic carbocycles. The molecule has 9 heavy (non-hydrogen) atoms. The molecule has 0 fully saturated rings. The van der Waals surface area contributed by atoms with Gasteiger partial charge in [0.1, 0.15) is 0 Å². The second kappa shape index (κ2) is 11.3. The van der Waals surface area contributed by atoms with Crippen molar-refractivity contribution in [2.45, 2.75) is 0 Å². The van der Waals surface area contributed by atoms with E-state index in [0.717, 1.165) is 0 Å². The first-order valence-corrected chi connectivity index (χ1v) is 1.91. The molecule has 0 amide bonds. The van der Waals surface area contributed by atoms with Crippen LogP contribution in [0.25, 0.3) is 0 Å². The molecule has 3 heteroatoms. The minimum absolute atomic E-state index is 0. The summed E-state index contributed by atoms with van der Waals surface area (Å²) in [5, 5.41) is 0. The Bertz CT molecular complexity index is 83.0. The first-order valence-electron chi connectivity index (χ1n) is 1.91. The molecule has 1 radical (unpaired) electrons. The second-order valence-corrected chi connectivity index (χ2v) is 1.08. The van der Waals surface area contributed by atoms with Gasteiger partial charge < -0.3 is 24.8 Å². The number of benzene rings is 1. The SMILES string of the molecule is [Cl-].[Cl-].[Ru+3].[c-]1ccccc1. The van der Waals surface area contributed by atoms with E-state index >= 15 is 0 Å². The van der Waals surface area contributed by atoms with E-state index < -0.39 is 0 Å². The van der Waals surface area contributed by atoms with Gasteiger partial charge in [-0.15, -0.1) is 0 Å². The van der Waals surface area contributed by atoms with Crippen LogP contribution in [0.2, 0.25) is 0 Å². The van der Waals surface area contributed by atoms with Crippen LogP contribution in [-0.4, -0.2) is 0 Å². The number of halogens is 2. The number of hydrogen-bond acceptors (Lipinski definition) is 0. The zero-order valence-corrected chi connectivity index (χ0v) is 7.75. The smallest absolute Gasteiger partial charge is 1.00 e. The topological polar surface area (TPSA) is 0 Å². The summed E-state index contributed by atoms with van der Waals surface area (Å²) in [5.41, 5.74) is 0. The summed E-state index contributed by atoms with van der Waals surface area (Å²) < 4.78 is 0. The molecule has 0 nitrogen and oxygen atoms in total. The molecule has 1 aromatic carbocycles. The maximum Gasteiger partial charge on any atom is 3.00 e. The predicted molar refractivity (Wildman–Crippen MR) is 25.3 cm³/mol. The summed E-state index contributed by atoms with van der Waals surface area (Å²) in [6, 6.07) is 12.5. The molecule has 0 atom stereocenters. The maximum absolute atomic E-state index is 2.89. The molecule has 0 saturated heterocycles. The minimum Gasteiger partial charge on any atom is -1.00 e. The van der Waals surface area contributed by atoms with Gasteiger partial charge in [0.15, 0.2) is 0 Å². The van der Waals surface area contributed by atoms with Crippen molar-refractivity contribution in [3.05, 3.63) is 36.4 Å². The normalized spacial score (nSPS) is 5.33. The van der Waals surface area contributed by atoms with Crippen molar-refractivity contribution in [2.24, 2.45) is 0 Å². The van der Waals surface area contributed by atoms with Gasteiger partial charge in [0.05, 0.1) is 0 Å².